The molecule has 1 aromatic rings. The van der Waals surface area contributed by atoms with Crippen molar-refractivity contribution in [2.45, 2.75) is 18.3 Å². The summed E-state index contributed by atoms with van der Waals surface area (Å²) in [7, 11) is 0. The van der Waals surface area contributed by atoms with E-state index in [1.54, 1.807) is 6.07 Å². The summed E-state index contributed by atoms with van der Waals surface area (Å²) in [5.74, 6) is 0.490. The van der Waals surface area contributed by atoms with E-state index in [9.17, 15) is 9.90 Å². The Balaban J connectivity index is 2.13. The van der Waals surface area contributed by atoms with Gasteiger partial charge < -0.3 is 14.6 Å². The normalized spacial score (nSPS) is 20.0. The Morgan fingerprint density at radius 3 is 2.80 bits per heavy atom. The number of benzene rings is 1. The quantitative estimate of drug-likeness (QED) is 0.797. The third kappa shape index (κ3) is 1.04. The summed E-state index contributed by atoms with van der Waals surface area (Å²) in [5.41, 5.74) is 0.0315. The van der Waals surface area contributed by atoms with E-state index in [1.807, 2.05) is 12.1 Å². The number of para-hydroxylation sites is 1. The summed E-state index contributed by atoms with van der Waals surface area (Å²) in [6.07, 6.45) is 1.37. The Kier molecular flexibility index (Phi) is 1.52. The molecule has 1 aromatic carbocycles. The molecule has 3 rings (SSSR count). The average Bonchev–Trinajstić information content (AvgIpc) is 2.89. The lowest BCUT2D eigenvalue weighted by Gasteiger charge is -2.12. The second-order valence-electron chi connectivity index (χ2n) is 3.93. The van der Waals surface area contributed by atoms with Crippen LogP contribution in [0.1, 0.15) is 18.4 Å². The van der Waals surface area contributed by atoms with Crippen molar-refractivity contribution in [1.82, 2.24) is 0 Å². The largest absolute Gasteiger partial charge is 0.481 e. The molecule has 0 atom stereocenters. The Labute approximate surface area is 86.4 Å². The van der Waals surface area contributed by atoms with Crippen LogP contribution >= 0.6 is 0 Å². The molecular weight excluding hydrogens is 196 g/mol. The van der Waals surface area contributed by atoms with E-state index in [4.69, 9.17) is 9.47 Å². The van der Waals surface area contributed by atoms with Gasteiger partial charge in [0.05, 0.1) is 5.41 Å². The standard InChI is InChI=1S/C11H10O4/c12-10(13)11(4-5-11)7-2-1-3-8-9(7)15-6-14-8/h1-3H,4-6H2,(H,12,13). The molecule has 0 bridgehead atoms. The molecule has 0 saturated heterocycles. The van der Waals surface area contributed by atoms with Crippen molar-refractivity contribution >= 4 is 5.97 Å². The summed E-state index contributed by atoms with van der Waals surface area (Å²) in [6.45, 7) is 0.183. The van der Waals surface area contributed by atoms with Crippen LogP contribution in [0, 0.1) is 0 Å². The summed E-state index contributed by atoms with van der Waals surface area (Å²) in [4.78, 5) is 11.2. The number of hydrogen-bond donors (Lipinski definition) is 1. The first kappa shape index (κ1) is 8.59. The highest BCUT2D eigenvalue weighted by atomic mass is 16.7. The van der Waals surface area contributed by atoms with Crippen molar-refractivity contribution in [3.05, 3.63) is 23.8 Å². The van der Waals surface area contributed by atoms with Crippen LogP contribution in [0.4, 0.5) is 0 Å². The number of rotatable bonds is 2. The van der Waals surface area contributed by atoms with Crippen LogP contribution in [0.25, 0.3) is 0 Å². The van der Waals surface area contributed by atoms with Gasteiger partial charge in [-0.05, 0) is 18.9 Å². The van der Waals surface area contributed by atoms with Gasteiger partial charge in [0.2, 0.25) is 6.79 Å². The van der Waals surface area contributed by atoms with Gasteiger partial charge in [-0.25, -0.2) is 0 Å². The van der Waals surface area contributed by atoms with Gasteiger partial charge >= 0.3 is 5.97 Å². The molecule has 15 heavy (non-hydrogen) atoms. The molecule has 1 aliphatic carbocycles. The number of carboxylic acids is 1. The fourth-order valence-corrected chi connectivity index (χ4v) is 2.03. The first-order chi connectivity index (χ1) is 7.24. The molecule has 1 aliphatic heterocycles. The first-order valence-corrected chi connectivity index (χ1v) is 4.86. The van der Waals surface area contributed by atoms with Gasteiger partial charge in [-0.1, -0.05) is 12.1 Å². The molecule has 0 spiro atoms. The van der Waals surface area contributed by atoms with Crippen LogP contribution < -0.4 is 9.47 Å². The van der Waals surface area contributed by atoms with Crippen LogP contribution in [0.3, 0.4) is 0 Å². The van der Waals surface area contributed by atoms with E-state index in [0.29, 0.717) is 24.3 Å². The topological polar surface area (TPSA) is 55.8 Å². The van der Waals surface area contributed by atoms with Crippen molar-refractivity contribution in [1.29, 1.82) is 0 Å². The number of fused-ring (bicyclic) bond motifs is 1. The molecule has 0 radical (unpaired) electrons. The van der Waals surface area contributed by atoms with E-state index >= 15 is 0 Å². The van der Waals surface area contributed by atoms with E-state index in [0.717, 1.165) is 5.56 Å². The Morgan fingerprint density at radius 2 is 2.13 bits per heavy atom. The van der Waals surface area contributed by atoms with Crippen LogP contribution in [-0.2, 0) is 10.2 Å². The zero-order valence-electron chi connectivity index (χ0n) is 8.03. The number of ether oxygens (including phenoxy) is 2. The van der Waals surface area contributed by atoms with Gasteiger partial charge in [0.15, 0.2) is 11.5 Å². The highest BCUT2D eigenvalue weighted by Gasteiger charge is 2.54. The lowest BCUT2D eigenvalue weighted by Crippen LogP contribution is -2.19. The van der Waals surface area contributed by atoms with Crippen LogP contribution in [0.15, 0.2) is 18.2 Å². The lowest BCUT2D eigenvalue weighted by atomic mass is 9.95. The van der Waals surface area contributed by atoms with Crippen molar-refractivity contribution in [2.75, 3.05) is 6.79 Å². The minimum atomic E-state index is -0.772. The number of aliphatic carboxylic acids is 1. The molecule has 78 valence electrons. The van der Waals surface area contributed by atoms with Gasteiger partial charge in [-0.2, -0.15) is 0 Å². The van der Waals surface area contributed by atoms with Crippen LogP contribution in [-0.4, -0.2) is 17.9 Å². The Morgan fingerprint density at radius 1 is 1.33 bits per heavy atom. The first-order valence-electron chi connectivity index (χ1n) is 4.86. The van der Waals surface area contributed by atoms with Gasteiger partial charge in [0.1, 0.15) is 0 Å². The summed E-state index contributed by atoms with van der Waals surface area (Å²) >= 11 is 0. The van der Waals surface area contributed by atoms with Gasteiger partial charge in [-0.3, -0.25) is 4.79 Å². The average molecular weight is 206 g/mol. The highest BCUT2D eigenvalue weighted by molar-refractivity contribution is 5.86. The minimum absolute atomic E-state index is 0.183. The maximum absolute atomic E-state index is 11.2. The van der Waals surface area contributed by atoms with Crippen molar-refractivity contribution in [3.8, 4) is 11.5 Å². The molecule has 1 N–H and O–H groups in total. The number of carboxylic acid groups (broad SMARTS) is 1. The fraction of sp³-hybridized carbons (Fsp3) is 0.364. The van der Waals surface area contributed by atoms with E-state index in [2.05, 4.69) is 0 Å². The van der Waals surface area contributed by atoms with Crippen LogP contribution in [0.2, 0.25) is 0 Å². The second-order valence-corrected chi connectivity index (χ2v) is 3.93. The smallest absolute Gasteiger partial charge is 0.314 e. The molecule has 0 unspecified atom stereocenters. The van der Waals surface area contributed by atoms with Gasteiger partial charge in [-0.15, -0.1) is 0 Å². The predicted molar refractivity (Wildman–Crippen MR) is 51.1 cm³/mol. The van der Waals surface area contributed by atoms with E-state index < -0.39 is 11.4 Å². The fourth-order valence-electron chi connectivity index (χ4n) is 2.03. The molecule has 0 amide bonds. The lowest BCUT2D eigenvalue weighted by molar-refractivity contribution is -0.140. The predicted octanol–water partition coefficient (Wildman–Crippen LogP) is 1.53. The molecule has 2 aliphatic rings. The third-order valence-electron chi connectivity index (χ3n) is 3.07. The van der Waals surface area contributed by atoms with Crippen molar-refractivity contribution < 1.29 is 19.4 Å². The monoisotopic (exact) mass is 206 g/mol. The number of carbonyl (C=O) groups is 1. The third-order valence-corrected chi connectivity index (χ3v) is 3.07. The number of hydrogen-bond acceptors (Lipinski definition) is 3. The summed E-state index contributed by atoms with van der Waals surface area (Å²) in [5, 5.41) is 9.19. The second kappa shape index (κ2) is 2.66. The maximum atomic E-state index is 11.2. The molecule has 4 heteroatoms. The SMILES string of the molecule is O=C(O)C1(c2cccc3c2OCO3)CC1. The van der Waals surface area contributed by atoms with Gasteiger partial charge in [0, 0.05) is 5.56 Å². The highest BCUT2D eigenvalue weighted by Crippen LogP contribution is 2.54. The van der Waals surface area contributed by atoms with Crippen LogP contribution in [0.5, 0.6) is 11.5 Å². The zero-order chi connectivity index (χ0) is 10.5. The summed E-state index contributed by atoms with van der Waals surface area (Å²) < 4.78 is 10.5. The molecule has 0 aromatic heterocycles. The Hall–Kier alpha value is -1.71. The molecule has 1 saturated carbocycles. The Bertz CT molecular complexity index is 434. The van der Waals surface area contributed by atoms with E-state index in [-0.39, 0.29) is 6.79 Å². The zero-order valence-corrected chi connectivity index (χ0v) is 8.03. The summed E-state index contributed by atoms with van der Waals surface area (Å²) in [6, 6.07) is 5.42. The maximum Gasteiger partial charge on any atom is 0.314 e. The molecule has 4 nitrogen and oxygen atoms in total. The van der Waals surface area contributed by atoms with E-state index in [1.165, 1.54) is 0 Å². The van der Waals surface area contributed by atoms with Crippen molar-refractivity contribution in [3.63, 3.8) is 0 Å². The molecule has 1 heterocycles. The molecular formula is C11H10O4. The van der Waals surface area contributed by atoms with Gasteiger partial charge in [0.25, 0.3) is 0 Å². The molecule has 1 fully saturated rings. The minimum Gasteiger partial charge on any atom is -0.481 e. The van der Waals surface area contributed by atoms with Crippen molar-refractivity contribution in [2.24, 2.45) is 0 Å².